The number of alkyl halides is 2. The first kappa shape index (κ1) is 13.3. The van der Waals surface area contributed by atoms with Gasteiger partial charge in [0.25, 0.3) is 11.8 Å². The lowest BCUT2D eigenvalue weighted by Gasteiger charge is -2.16. The zero-order valence-corrected chi connectivity index (χ0v) is 10.2. The molecule has 0 spiro atoms. The number of hydrogen-bond acceptors (Lipinski definition) is 4. The van der Waals surface area contributed by atoms with E-state index in [-0.39, 0.29) is 5.91 Å². The van der Waals surface area contributed by atoms with Crippen molar-refractivity contribution in [1.82, 2.24) is 5.32 Å². The molecule has 0 fully saturated rings. The second-order valence-corrected chi connectivity index (χ2v) is 4.13. The highest BCUT2D eigenvalue weighted by Gasteiger charge is 2.22. The molecule has 19 heavy (non-hydrogen) atoms. The highest BCUT2D eigenvalue weighted by Crippen LogP contribution is 2.24. The highest BCUT2D eigenvalue weighted by molar-refractivity contribution is 5.98. The Bertz CT molecular complexity index is 532. The molecule has 1 aliphatic rings. The van der Waals surface area contributed by atoms with E-state index in [1.807, 2.05) is 0 Å². The van der Waals surface area contributed by atoms with Gasteiger partial charge >= 0.3 is 6.43 Å². The first-order chi connectivity index (χ1) is 9.02. The van der Waals surface area contributed by atoms with Crippen LogP contribution in [0.15, 0.2) is 23.3 Å². The number of amides is 1. The molecule has 5 nitrogen and oxygen atoms in total. The summed E-state index contributed by atoms with van der Waals surface area (Å²) in [5.74, 6) is 3.83. The van der Waals surface area contributed by atoms with Gasteiger partial charge in [0.15, 0.2) is 0 Å². The molecule has 1 atom stereocenters. The monoisotopic (exact) mass is 269 g/mol. The summed E-state index contributed by atoms with van der Waals surface area (Å²) in [5.41, 5.74) is 2.02. The van der Waals surface area contributed by atoms with Crippen molar-refractivity contribution in [2.75, 3.05) is 0 Å². The summed E-state index contributed by atoms with van der Waals surface area (Å²) in [6.07, 6.45) is -3.54. The van der Waals surface area contributed by atoms with Gasteiger partial charge in [-0.2, -0.15) is 8.78 Å². The minimum Gasteiger partial charge on any atom is -0.468 e. The van der Waals surface area contributed by atoms with Crippen LogP contribution in [0.2, 0.25) is 0 Å². The topological polar surface area (TPSA) is 76.7 Å². The van der Waals surface area contributed by atoms with E-state index in [2.05, 4.69) is 10.4 Å². The second-order valence-electron chi connectivity index (χ2n) is 4.13. The second kappa shape index (κ2) is 5.21. The number of fused-ring (bicyclic) bond motifs is 1. The van der Waals surface area contributed by atoms with Gasteiger partial charge in [-0.05, 0) is 24.1 Å². The summed E-state index contributed by atoms with van der Waals surface area (Å²) < 4.78 is 29.9. The molecule has 102 valence electrons. The van der Waals surface area contributed by atoms with Crippen molar-refractivity contribution in [3.63, 3.8) is 0 Å². The van der Waals surface area contributed by atoms with Gasteiger partial charge in [0.1, 0.15) is 6.10 Å². The number of benzene rings is 1. The number of ether oxygens (including phenoxy) is 1. The van der Waals surface area contributed by atoms with Crippen molar-refractivity contribution in [1.29, 1.82) is 0 Å². The van der Waals surface area contributed by atoms with Gasteiger partial charge in [-0.1, -0.05) is 12.1 Å². The average Bonchev–Trinajstić information content (AvgIpc) is 2.76. The third kappa shape index (κ3) is 2.64. The lowest BCUT2D eigenvalue weighted by atomic mass is 10.0. The van der Waals surface area contributed by atoms with Crippen LogP contribution in [0.3, 0.4) is 0 Å². The summed E-state index contributed by atoms with van der Waals surface area (Å²) in [7, 11) is 0. The molecular formula is C12H13F2N3O2. The maximum Gasteiger partial charge on any atom is 0.314 e. The molecule has 0 radical (unpaired) electrons. The standard InChI is InChI=1S/C12H13F2N3O2/c1-6(19-12(17-15)10(13)14)7-2-3-8-5-16-11(18)9(8)4-7/h2-4,6,10H,5,15H2,1H3,(H,16,18)/b17-12-. The van der Waals surface area contributed by atoms with Crippen LogP contribution in [0.25, 0.3) is 0 Å². The normalized spacial score (nSPS) is 16.2. The van der Waals surface area contributed by atoms with Crippen LogP contribution in [-0.2, 0) is 11.3 Å². The van der Waals surface area contributed by atoms with E-state index in [9.17, 15) is 13.6 Å². The van der Waals surface area contributed by atoms with E-state index in [4.69, 9.17) is 10.6 Å². The van der Waals surface area contributed by atoms with E-state index < -0.39 is 18.4 Å². The van der Waals surface area contributed by atoms with Crippen LogP contribution in [0.5, 0.6) is 0 Å². The third-order valence-electron chi connectivity index (χ3n) is 2.90. The van der Waals surface area contributed by atoms with Crippen molar-refractivity contribution < 1.29 is 18.3 Å². The number of carbonyl (C=O) groups excluding carboxylic acids is 1. The number of halogens is 2. The van der Waals surface area contributed by atoms with Crippen molar-refractivity contribution in [3.05, 3.63) is 34.9 Å². The van der Waals surface area contributed by atoms with Crippen LogP contribution in [0.4, 0.5) is 8.78 Å². The fraction of sp³-hybridized carbons (Fsp3) is 0.333. The molecule has 1 aromatic carbocycles. The number of rotatable bonds is 3. The Kier molecular flexibility index (Phi) is 3.64. The Labute approximate surface area is 108 Å². The Morgan fingerprint density at radius 3 is 2.89 bits per heavy atom. The molecule has 1 aromatic rings. The summed E-state index contributed by atoms with van der Waals surface area (Å²) in [6, 6.07) is 5.12. The Hall–Kier alpha value is -2.18. The maximum atomic E-state index is 12.5. The first-order valence-electron chi connectivity index (χ1n) is 5.66. The molecule has 1 heterocycles. The van der Waals surface area contributed by atoms with Gasteiger partial charge in [0.2, 0.25) is 0 Å². The molecule has 0 aromatic heterocycles. The van der Waals surface area contributed by atoms with Crippen molar-refractivity contribution in [2.24, 2.45) is 10.9 Å². The lowest BCUT2D eigenvalue weighted by molar-refractivity contribution is 0.0965. The third-order valence-corrected chi connectivity index (χ3v) is 2.90. The predicted molar refractivity (Wildman–Crippen MR) is 64.7 cm³/mol. The number of nitrogens with zero attached hydrogens (tertiary/aromatic N) is 1. The zero-order chi connectivity index (χ0) is 14.0. The Morgan fingerprint density at radius 2 is 2.26 bits per heavy atom. The predicted octanol–water partition coefficient (Wildman–Crippen LogP) is 1.54. The van der Waals surface area contributed by atoms with Gasteiger partial charge < -0.3 is 15.9 Å². The van der Waals surface area contributed by atoms with Crippen LogP contribution < -0.4 is 11.2 Å². The largest absolute Gasteiger partial charge is 0.468 e. The molecular weight excluding hydrogens is 256 g/mol. The Balaban J connectivity index is 2.19. The lowest BCUT2D eigenvalue weighted by Crippen LogP contribution is -2.19. The van der Waals surface area contributed by atoms with Gasteiger partial charge in [0, 0.05) is 12.1 Å². The molecule has 1 aliphatic heterocycles. The molecule has 0 aliphatic carbocycles. The van der Waals surface area contributed by atoms with Gasteiger partial charge in [-0.25, -0.2) is 0 Å². The molecule has 3 N–H and O–H groups in total. The number of hydrogen-bond donors (Lipinski definition) is 2. The quantitative estimate of drug-likeness (QED) is 0.378. The minimum absolute atomic E-state index is 0.175. The molecule has 0 bridgehead atoms. The highest BCUT2D eigenvalue weighted by atomic mass is 19.3. The van der Waals surface area contributed by atoms with Crippen molar-refractivity contribution >= 4 is 11.8 Å². The SMILES string of the molecule is CC(O/C(=N\N)C(F)F)c1ccc2c(c1)C(=O)NC2. The van der Waals surface area contributed by atoms with E-state index >= 15 is 0 Å². The van der Waals surface area contributed by atoms with E-state index in [0.29, 0.717) is 17.7 Å². The number of nitrogens with one attached hydrogen (secondary N) is 1. The molecule has 7 heteroatoms. The molecule has 0 saturated carbocycles. The summed E-state index contributed by atoms with van der Waals surface area (Å²) in [6.45, 7) is 2.07. The van der Waals surface area contributed by atoms with Crippen LogP contribution in [0, 0.1) is 0 Å². The summed E-state index contributed by atoms with van der Waals surface area (Å²) >= 11 is 0. The molecule has 2 rings (SSSR count). The molecule has 1 amide bonds. The average molecular weight is 269 g/mol. The number of nitrogens with two attached hydrogens (primary N) is 1. The zero-order valence-electron chi connectivity index (χ0n) is 10.2. The van der Waals surface area contributed by atoms with Crippen LogP contribution in [0.1, 0.15) is 34.5 Å². The molecule has 0 saturated heterocycles. The van der Waals surface area contributed by atoms with E-state index in [1.54, 1.807) is 25.1 Å². The Morgan fingerprint density at radius 1 is 1.53 bits per heavy atom. The number of carbonyl (C=O) groups is 1. The van der Waals surface area contributed by atoms with Gasteiger partial charge in [-0.3, -0.25) is 4.79 Å². The van der Waals surface area contributed by atoms with E-state index in [0.717, 1.165) is 5.56 Å². The van der Waals surface area contributed by atoms with Gasteiger partial charge in [0.05, 0.1) is 0 Å². The summed E-state index contributed by atoms with van der Waals surface area (Å²) in [4.78, 5) is 11.5. The molecule has 1 unspecified atom stereocenters. The van der Waals surface area contributed by atoms with Crippen LogP contribution in [-0.4, -0.2) is 18.2 Å². The van der Waals surface area contributed by atoms with Gasteiger partial charge in [-0.15, -0.1) is 5.10 Å². The maximum absolute atomic E-state index is 12.5. The van der Waals surface area contributed by atoms with Crippen molar-refractivity contribution in [2.45, 2.75) is 26.0 Å². The smallest absolute Gasteiger partial charge is 0.314 e. The van der Waals surface area contributed by atoms with Crippen molar-refractivity contribution in [3.8, 4) is 0 Å². The fourth-order valence-electron chi connectivity index (χ4n) is 1.87. The number of hydrazone groups is 1. The fourth-order valence-corrected chi connectivity index (χ4v) is 1.87. The minimum atomic E-state index is -2.87. The first-order valence-corrected chi connectivity index (χ1v) is 5.66. The van der Waals surface area contributed by atoms with Crippen LogP contribution >= 0.6 is 0 Å². The van der Waals surface area contributed by atoms with E-state index in [1.165, 1.54) is 0 Å². The summed E-state index contributed by atoms with van der Waals surface area (Å²) in [5, 5.41) is 5.58.